The van der Waals surface area contributed by atoms with E-state index in [9.17, 15) is 24.0 Å². The first-order chi connectivity index (χ1) is 14.1. The molecule has 1 heterocycles. The van der Waals surface area contributed by atoms with Gasteiger partial charge in [-0.05, 0) is 6.42 Å². The average Bonchev–Trinajstić information content (AvgIpc) is 3.20. The van der Waals surface area contributed by atoms with Crippen LogP contribution in [0.25, 0.3) is 0 Å². The number of rotatable bonds is 13. The van der Waals surface area contributed by atoms with Crippen LogP contribution in [0.5, 0.6) is 0 Å². The van der Waals surface area contributed by atoms with Gasteiger partial charge in [-0.1, -0.05) is 0 Å². The lowest BCUT2D eigenvalue weighted by Gasteiger charge is -2.20. The SMILES string of the molecule is NC(=O)CCC(NC(=O)CNC(=O)C(Cc1cnc[nH]1)NC(=O)C(N)CO)C(=O)O. The normalized spacial score (nSPS) is 13.5. The van der Waals surface area contributed by atoms with Crippen LogP contribution in [-0.2, 0) is 30.4 Å². The number of carboxylic acids is 1. The van der Waals surface area contributed by atoms with E-state index in [1.54, 1.807) is 0 Å². The fraction of sp³-hybridized carbons (Fsp3) is 0.500. The molecule has 0 saturated carbocycles. The molecule has 1 rings (SSSR count). The molecule has 30 heavy (non-hydrogen) atoms. The molecule has 0 bridgehead atoms. The van der Waals surface area contributed by atoms with Crippen LogP contribution < -0.4 is 27.4 Å². The number of hydrogen-bond acceptors (Lipinski definition) is 8. The lowest BCUT2D eigenvalue weighted by atomic mass is 10.1. The van der Waals surface area contributed by atoms with Crippen molar-refractivity contribution >= 4 is 29.6 Å². The molecular formula is C16H25N7O7. The van der Waals surface area contributed by atoms with Crippen LogP contribution in [0.15, 0.2) is 12.5 Å². The third-order valence-corrected chi connectivity index (χ3v) is 3.88. The molecule has 4 amide bonds. The fourth-order valence-electron chi connectivity index (χ4n) is 2.27. The van der Waals surface area contributed by atoms with Crippen molar-refractivity contribution in [3.05, 3.63) is 18.2 Å². The summed E-state index contributed by atoms with van der Waals surface area (Å²) in [6.07, 6.45) is 2.35. The number of aromatic nitrogens is 2. The smallest absolute Gasteiger partial charge is 0.326 e. The zero-order valence-corrected chi connectivity index (χ0v) is 16.0. The van der Waals surface area contributed by atoms with E-state index in [1.165, 1.54) is 12.5 Å². The number of aromatic amines is 1. The van der Waals surface area contributed by atoms with Gasteiger partial charge in [0, 0.05) is 24.7 Å². The molecule has 0 aliphatic heterocycles. The van der Waals surface area contributed by atoms with Gasteiger partial charge in [-0.2, -0.15) is 0 Å². The maximum Gasteiger partial charge on any atom is 0.326 e. The molecule has 14 heteroatoms. The van der Waals surface area contributed by atoms with Crippen molar-refractivity contribution in [2.24, 2.45) is 11.5 Å². The first kappa shape index (κ1) is 24.5. The van der Waals surface area contributed by atoms with Crippen molar-refractivity contribution in [3.8, 4) is 0 Å². The number of aliphatic hydroxyl groups is 1. The summed E-state index contributed by atoms with van der Waals surface area (Å²) in [5.41, 5.74) is 10.9. The molecule has 0 fully saturated rings. The topological polar surface area (TPSA) is 243 Å². The van der Waals surface area contributed by atoms with E-state index in [0.717, 1.165) is 0 Å². The Kier molecular flexibility index (Phi) is 9.91. The van der Waals surface area contributed by atoms with Crippen molar-refractivity contribution in [2.75, 3.05) is 13.2 Å². The first-order valence-corrected chi connectivity index (χ1v) is 8.86. The van der Waals surface area contributed by atoms with Gasteiger partial charge >= 0.3 is 5.97 Å². The zero-order chi connectivity index (χ0) is 22.7. The van der Waals surface area contributed by atoms with Gasteiger partial charge in [0.1, 0.15) is 18.1 Å². The zero-order valence-electron chi connectivity index (χ0n) is 16.0. The lowest BCUT2D eigenvalue weighted by molar-refractivity contribution is -0.142. The molecule has 0 aliphatic carbocycles. The number of aliphatic carboxylic acids is 1. The molecule has 3 atom stereocenters. The van der Waals surface area contributed by atoms with Crippen molar-refractivity contribution in [1.29, 1.82) is 0 Å². The largest absolute Gasteiger partial charge is 0.480 e. The summed E-state index contributed by atoms with van der Waals surface area (Å²) in [7, 11) is 0. The molecular weight excluding hydrogens is 402 g/mol. The predicted octanol–water partition coefficient (Wildman–Crippen LogP) is -4.29. The lowest BCUT2D eigenvalue weighted by Crippen LogP contribution is -2.55. The second-order valence-corrected chi connectivity index (χ2v) is 6.31. The first-order valence-electron chi connectivity index (χ1n) is 8.86. The highest BCUT2D eigenvalue weighted by atomic mass is 16.4. The van der Waals surface area contributed by atoms with Crippen molar-refractivity contribution < 1.29 is 34.2 Å². The molecule has 10 N–H and O–H groups in total. The second kappa shape index (κ2) is 12.1. The van der Waals surface area contributed by atoms with E-state index < -0.39 is 60.9 Å². The van der Waals surface area contributed by atoms with Gasteiger partial charge in [-0.3, -0.25) is 19.2 Å². The maximum atomic E-state index is 12.4. The number of amides is 4. The monoisotopic (exact) mass is 427 g/mol. The Labute approximate surface area is 170 Å². The highest BCUT2D eigenvalue weighted by molar-refractivity contribution is 5.92. The van der Waals surface area contributed by atoms with Crippen LogP contribution in [0.4, 0.5) is 0 Å². The summed E-state index contributed by atoms with van der Waals surface area (Å²) >= 11 is 0. The minimum Gasteiger partial charge on any atom is -0.480 e. The molecule has 1 aromatic heterocycles. The number of carboxylic acid groups (broad SMARTS) is 1. The summed E-state index contributed by atoms with van der Waals surface area (Å²) in [6.45, 7) is -1.21. The van der Waals surface area contributed by atoms with E-state index >= 15 is 0 Å². The Bertz CT molecular complexity index is 753. The maximum absolute atomic E-state index is 12.4. The third-order valence-electron chi connectivity index (χ3n) is 3.88. The number of nitrogens with one attached hydrogen (secondary N) is 4. The van der Waals surface area contributed by atoms with E-state index in [-0.39, 0.29) is 19.3 Å². The summed E-state index contributed by atoms with van der Waals surface area (Å²) in [6, 6.07) is -3.75. The highest BCUT2D eigenvalue weighted by Gasteiger charge is 2.26. The number of nitrogens with two attached hydrogens (primary N) is 2. The van der Waals surface area contributed by atoms with Crippen LogP contribution in [0.1, 0.15) is 18.5 Å². The Morgan fingerprint density at radius 3 is 2.37 bits per heavy atom. The van der Waals surface area contributed by atoms with E-state index in [2.05, 4.69) is 25.9 Å². The molecule has 0 radical (unpaired) electrons. The second-order valence-electron chi connectivity index (χ2n) is 6.31. The molecule has 0 saturated heterocycles. The Hall–Kier alpha value is -3.52. The number of aliphatic hydroxyl groups excluding tert-OH is 1. The number of carbonyl (C=O) groups is 5. The minimum absolute atomic E-state index is 0.00625. The summed E-state index contributed by atoms with van der Waals surface area (Å²) in [5, 5.41) is 24.8. The number of primary amides is 1. The van der Waals surface area contributed by atoms with Gasteiger partial charge in [-0.25, -0.2) is 9.78 Å². The predicted molar refractivity (Wildman–Crippen MR) is 100 cm³/mol. The highest BCUT2D eigenvalue weighted by Crippen LogP contribution is 2.00. The molecule has 14 nitrogen and oxygen atoms in total. The molecule has 1 aromatic rings. The number of carbonyl (C=O) groups excluding carboxylic acids is 4. The average molecular weight is 427 g/mol. The van der Waals surface area contributed by atoms with E-state index in [0.29, 0.717) is 5.69 Å². The van der Waals surface area contributed by atoms with Gasteiger partial charge in [0.15, 0.2) is 0 Å². The molecule has 3 unspecified atom stereocenters. The molecule has 0 spiro atoms. The van der Waals surface area contributed by atoms with Crippen LogP contribution >= 0.6 is 0 Å². The van der Waals surface area contributed by atoms with Crippen LogP contribution in [0.2, 0.25) is 0 Å². The van der Waals surface area contributed by atoms with E-state index in [1.807, 2.05) is 0 Å². The molecule has 0 aromatic carbocycles. The van der Waals surface area contributed by atoms with Crippen LogP contribution in [0, 0.1) is 0 Å². The number of nitrogens with zero attached hydrogens (tertiary/aromatic N) is 1. The van der Waals surface area contributed by atoms with Crippen molar-refractivity contribution in [3.63, 3.8) is 0 Å². The Morgan fingerprint density at radius 1 is 1.13 bits per heavy atom. The number of imidazole rings is 1. The molecule has 0 aliphatic rings. The third kappa shape index (κ3) is 8.66. The standard InChI is InChI=1S/C16H25N7O7/c17-9(6-24)14(27)23-11(3-8-4-19-7-21-8)15(28)20-5-13(26)22-10(16(29)30)1-2-12(18)25/h4,7,9-11,24H,1-3,5-6,17H2,(H2,18,25)(H,19,21)(H,20,28)(H,22,26)(H,23,27)(H,29,30). The van der Waals surface area contributed by atoms with Crippen LogP contribution in [-0.4, -0.2) is 81.1 Å². The van der Waals surface area contributed by atoms with Gasteiger partial charge in [-0.15, -0.1) is 0 Å². The number of H-pyrrole nitrogens is 1. The summed E-state index contributed by atoms with van der Waals surface area (Å²) < 4.78 is 0. The Balaban J connectivity index is 2.68. The van der Waals surface area contributed by atoms with Gasteiger partial charge in [0.05, 0.1) is 19.5 Å². The van der Waals surface area contributed by atoms with Gasteiger partial charge in [0.2, 0.25) is 23.6 Å². The quantitative estimate of drug-likeness (QED) is 0.151. The van der Waals surface area contributed by atoms with Gasteiger partial charge in [0.25, 0.3) is 0 Å². The van der Waals surface area contributed by atoms with Crippen molar-refractivity contribution in [1.82, 2.24) is 25.9 Å². The summed E-state index contributed by atoms with van der Waals surface area (Å²) in [4.78, 5) is 64.8. The minimum atomic E-state index is -1.36. The summed E-state index contributed by atoms with van der Waals surface area (Å²) in [5.74, 6) is -4.43. The molecule has 166 valence electrons. The van der Waals surface area contributed by atoms with Crippen molar-refractivity contribution in [2.45, 2.75) is 37.4 Å². The van der Waals surface area contributed by atoms with Crippen LogP contribution in [0.3, 0.4) is 0 Å². The Morgan fingerprint density at radius 2 is 1.83 bits per heavy atom. The number of hydrogen-bond donors (Lipinski definition) is 8. The van der Waals surface area contributed by atoms with E-state index in [4.69, 9.17) is 21.7 Å². The van der Waals surface area contributed by atoms with Gasteiger partial charge < -0.3 is 42.6 Å². The fourth-order valence-corrected chi connectivity index (χ4v) is 2.27.